The molecule has 0 aromatic heterocycles. The lowest BCUT2D eigenvalue weighted by molar-refractivity contribution is 0.295. The molecule has 1 unspecified atom stereocenters. The molecule has 0 aliphatic heterocycles. The molecule has 0 aromatic rings. The Morgan fingerprint density at radius 1 is 1.25 bits per heavy atom. The van der Waals surface area contributed by atoms with Gasteiger partial charge in [0.1, 0.15) is 0 Å². The van der Waals surface area contributed by atoms with Gasteiger partial charge in [0, 0.05) is 6.54 Å². The topological polar surface area (TPSA) is 41.5 Å². The van der Waals surface area contributed by atoms with Crippen molar-refractivity contribution >= 4 is 8.53 Å². The van der Waals surface area contributed by atoms with Gasteiger partial charge in [0.25, 0.3) is 8.53 Å². The largest absolute Gasteiger partial charge is 0.338 e. The Kier molecular flexibility index (Phi) is 9.64. The standard InChI is InChI=1S/C8H20NO2P/c1-3-5-7-9-12(10)11-8-6-4-2/h9-10H,3-8H2,1-2H3. The summed E-state index contributed by atoms with van der Waals surface area (Å²) in [5.41, 5.74) is 0. The zero-order valence-corrected chi connectivity index (χ0v) is 8.94. The van der Waals surface area contributed by atoms with Gasteiger partial charge >= 0.3 is 0 Å². The summed E-state index contributed by atoms with van der Waals surface area (Å²) in [6, 6.07) is 0. The molecule has 12 heavy (non-hydrogen) atoms. The van der Waals surface area contributed by atoms with Crippen LogP contribution in [-0.2, 0) is 4.52 Å². The van der Waals surface area contributed by atoms with Crippen molar-refractivity contribution < 1.29 is 9.42 Å². The van der Waals surface area contributed by atoms with E-state index >= 15 is 0 Å². The van der Waals surface area contributed by atoms with E-state index in [1.165, 1.54) is 0 Å². The number of unbranched alkanes of at least 4 members (excludes halogenated alkanes) is 2. The van der Waals surface area contributed by atoms with E-state index in [4.69, 9.17) is 4.52 Å². The Balaban J connectivity index is 3.04. The first-order valence-corrected chi connectivity index (χ1v) is 5.87. The Bertz CT molecular complexity index is 83.1. The van der Waals surface area contributed by atoms with Crippen molar-refractivity contribution in [2.75, 3.05) is 13.2 Å². The van der Waals surface area contributed by atoms with Crippen LogP contribution in [0.3, 0.4) is 0 Å². The zero-order valence-electron chi connectivity index (χ0n) is 8.05. The van der Waals surface area contributed by atoms with Gasteiger partial charge in [0.2, 0.25) is 0 Å². The lowest BCUT2D eigenvalue weighted by Crippen LogP contribution is -2.10. The molecule has 4 heteroatoms. The second-order valence-electron chi connectivity index (χ2n) is 2.72. The Labute approximate surface area is 76.5 Å². The van der Waals surface area contributed by atoms with E-state index in [0.717, 1.165) is 32.2 Å². The summed E-state index contributed by atoms with van der Waals surface area (Å²) < 4.78 is 5.14. The van der Waals surface area contributed by atoms with Crippen LogP contribution in [0.25, 0.3) is 0 Å². The van der Waals surface area contributed by atoms with E-state index in [0.29, 0.717) is 6.61 Å². The number of hydrogen-bond donors (Lipinski definition) is 2. The fraction of sp³-hybridized carbons (Fsp3) is 1.00. The minimum atomic E-state index is -1.35. The van der Waals surface area contributed by atoms with Gasteiger partial charge in [0.15, 0.2) is 0 Å². The summed E-state index contributed by atoms with van der Waals surface area (Å²) >= 11 is 0. The molecule has 2 N–H and O–H groups in total. The highest BCUT2D eigenvalue weighted by Crippen LogP contribution is 2.25. The summed E-state index contributed by atoms with van der Waals surface area (Å²) in [5, 5.41) is 2.94. The van der Waals surface area contributed by atoms with E-state index in [1.54, 1.807) is 0 Å². The molecule has 1 atom stereocenters. The molecule has 0 bridgehead atoms. The Morgan fingerprint density at radius 2 is 1.92 bits per heavy atom. The van der Waals surface area contributed by atoms with E-state index in [9.17, 15) is 4.89 Å². The summed E-state index contributed by atoms with van der Waals surface area (Å²) in [4.78, 5) is 9.23. The minimum Gasteiger partial charge on any atom is -0.338 e. The first-order valence-electron chi connectivity index (χ1n) is 4.66. The predicted octanol–water partition coefficient (Wildman–Crippen LogP) is 2.41. The van der Waals surface area contributed by atoms with Crippen LogP contribution in [-0.4, -0.2) is 18.0 Å². The summed E-state index contributed by atoms with van der Waals surface area (Å²) in [6.07, 6.45) is 4.37. The Hall–Kier alpha value is 0.310. The van der Waals surface area contributed by atoms with Crippen LogP contribution in [0.4, 0.5) is 0 Å². The molecule has 3 nitrogen and oxygen atoms in total. The molecule has 0 radical (unpaired) electrons. The van der Waals surface area contributed by atoms with E-state index < -0.39 is 8.53 Å². The third-order valence-electron chi connectivity index (χ3n) is 1.49. The molecule has 0 spiro atoms. The number of hydrogen-bond acceptors (Lipinski definition) is 3. The van der Waals surface area contributed by atoms with Gasteiger partial charge in [-0.05, 0) is 12.8 Å². The normalized spacial score (nSPS) is 13.2. The smallest absolute Gasteiger partial charge is 0.253 e. The summed E-state index contributed by atoms with van der Waals surface area (Å²) in [5.74, 6) is 0. The van der Waals surface area contributed by atoms with Crippen molar-refractivity contribution in [2.24, 2.45) is 0 Å². The highest BCUT2D eigenvalue weighted by molar-refractivity contribution is 7.43. The lowest BCUT2D eigenvalue weighted by atomic mass is 10.3. The third kappa shape index (κ3) is 8.41. The zero-order chi connectivity index (χ0) is 9.23. The van der Waals surface area contributed by atoms with Crippen LogP contribution in [0.5, 0.6) is 0 Å². The average molecular weight is 193 g/mol. The maximum Gasteiger partial charge on any atom is 0.253 e. The van der Waals surface area contributed by atoms with Crippen molar-refractivity contribution in [1.82, 2.24) is 5.09 Å². The van der Waals surface area contributed by atoms with Gasteiger partial charge in [-0.25, -0.2) is 0 Å². The van der Waals surface area contributed by atoms with Gasteiger partial charge in [-0.2, -0.15) is 0 Å². The van der Waals surface area contributed by atoms with Crippen LogP contribution in [0, 0.1) is 0 Å². The lowest BCUT2D eigenvalue weighted by Gasteiger charge is -2.10. The fourth-order valence-electron chi connectivity index (χ4n) is 0.692. The van der Waals surface area contributed by atoms with Crippen LogP contribution < -0.4 is 5.09 Å². The quantitative estimate of drug-likeness (QED) is 0.459. The summed E-state index contributed by atoms with van der Waals surface area (Å²) in [6.45, 7) is 5.75. The second-order valence-corrected chi connectivity index (χ2v) is 3.84. The van der Waals surface area contributed by atoms with Gasteiger partial charge in [0.05, 0.1) is 6.61 Å². The first kappa shape index (κ1) is 12.3. The molecule has 0 aliphatic carbocycles. The van der Waals surface area contributed by atoms with Crippen LogP contribution in [0.15, 0.2) is 0 Å². The minimum absolute atomic E-state index is 0.665. The third-order valence-corrected chi connectivity index (χ3v) is 2.41. The average Bonchev–Trinajstić information content (AvgIpc) is 2.06. The van der Waals surface area contributed by atoms with Crippen LogP contribution >= 0.6 is 8.53 Å². The van der Waals surface area contributed by atoms with Crippen molar-refractivity contribution in [3.63, 3.8) is 0 Å². The molecule has 0 saturated heterocycles. The molecule has 0 amide bonds. The fourth-order valence-corrected chi connectivity index (χ4v) is 1.44. The molecular weight excluding hydrogens is 173 g/mol. The van der Waals surface area contributed by atoms with Crippen molar-refractivity contribution in [1.29, 1.82) is 0 Å². The van der Waals surface area contributed by atoms with Crippen LogP contribution in [0.1, 0.15) is 39.5 Å². The molecule has 0 heterocycles. The molecule has 0 aromatic carbocycles. The number of rotatable bonds is 8. The predicted molar refractivity (Wildman–Crippen MR) is 52.9 cm³/mol. The molecule has 74 valence electrons. The molecule has 0 fully saturated rings. The van der Waals surface area contributed by atoms with Crippen molar-refractivity contribution in [2.45, 2.75) is 39.5 Å². The van der Waals surface area contributed by atoms with E-state index in [1.807, 2.05) is 0 Å². The SMILES string of the molecule is CCCCNP(O)OCCCC. The second kappa shape index (κ2) is 9.40. The van der Waals surface area contributed by atoms with Gasteiger partial charge < -0.3 is 9.42 Å². The Morgan fingerprint density at radius 3 is 2.50 bits per heavy atom. The van der Waals surface area contributed by atoms with Gasteiger partial charge in [-0.1, -0.05) is 26.7 Å². The number of nitrogens with one attached hydrogen (secondary N) is 1. The molecule has 0 aliphatic rings. The van der Waals surface area contributed by atoms with Crippen LogP contribution in [0.2, 0.25) is 0 Å². The van der Waals surface area contributed by atoms with Crippen molar-refractivity contribution in [3.05, 3.63) is 0 Å². The van der Waals surface area contributed by atoms with Gasteiger partial charge in [-0.15, -0.1) is 0 Å². The first-order chi connectivity index (χ1) is 5.81. The molecular formula is C8H20NO2P. The van der Waals surface area contributed by atoms with E-state index in [-0.39, 0.29) is 0 Å². The summed E-state index contributed by atoms with van der Waals surface area (Å²) in [7, 11) is -1.35. The highest BCUT2D eigenvalue weighted by Gasteiger charge is 2.01. The molecule has 0 saturated carbocycles. The molecule has 0 rings (SSSR count). The maximum atomic E-state index is 9.23. The monoisotopic (exact) mass is 193 g/mol. The maximum absolute atomic E-state index is 9.23. The highest BCUT2D eigenvalue weighted by atomic mass is 31.2. The van der Waals surface area contributed by atoms with E-state index in [2.05, 4.69) is 18.9 Å². The van der Waals surface area contributed by atoms with Gasteiger partial charge in [-0.3, -0.25) is 5.09 Å². The van der Waals surface area contributed by atoms with Crippen molar-refractivity contribution in [3.8, 4) is 0 Å².